The maximum atomic E-state index is 12.6. The topological polar surface area (TPSA) is 160 Å². The number of azo groups is 1. The highest BCUT2D eigenvalue weighted by Crippen LogP contribution is 2.43. The molecule has 11 heteroatoms. The summed E-state index contributed by atoms with van der Waals surface area (Å²) in [5.41, 5.74) is 14.4. The van der Waals surface area contributed by atoms with Crippen molar-refractivity contribution in [3.63, 3.8) is 0 Å². The molecule has 0 spiro atoms. The number of benzene rings is 2. The Kier molecular flexibility index (Phi) is 8.26. The van der Waals surface area contributed by atoms with E-state index >= 15 is 0 Å². The second-order valence-electron chi connectivity index (χ2n) is 7.66. The van der Waals surface area contributed by atoms with Gasteiger partial charge in [0, 0.05) is 17.6 Å². The van der Waals surface area contributed by atoms with E-state index in [-0.39, 0.29) is 12.8 Å². The van der Waals surface area contributed by atoms with Crippen molar-refractivity contribution in [3.05, 3.63) is 41.5 Å². The van der Waals surface area contributed by atoms with Gasteiger partial charge in [-0.1, -0.05) is 6.07 Å². The fourth-order valence-electron chi connectivity index (χ4n) is 3.64. The third-order valence-electron chi connectivity index (χ3n) is 5.47. The highest BCUT2D eigenvalue weighted by Gasteiger charge is 2.23. The van der Waals surface area contributed by atoms with Gasteiger partial charge >= 0.3 is 0 Å². The number of nitrogens with one attached hydrogen (secondary N) is 1. The second-order valence-corrected chi connectivity index (χ2v) is 7.66. The lowest BCUT2D eigenvalue weighted by atomic mass is 9.99. The van der Waals surface area contributed by atoms with E-state index in [1.807, 2.05) is 6.07 Å². The van der Waals surface area contributed by atoms with E-state index < -0.39 is 17.9 Å². The van der Waals surface area contributed by atoms with E-state index in [0.717, 1.165) is 16.7 Å². The molecule has 1 unspecified atom stereocenters. The minimum Gasteiger partial charge on any atom is -0.495 e. The Hall–Kier alpha value is -4.12. The van der Waals surface area contributed by atoms with Gasteiger partial charge in [0.25, 0.3) is 0 Å². The summed E-state index contributed by atoms with van der Waals surface area (Å²) < 4.78 is 21.7. The van der Waals surface area contributed by atoms with E-state index in [0.29, 0.717) is 40.9 Å². The SMILES string of the molecule is COc1ccc(C2=C(c3cc(OC)c(OC)c(OC)c3)N=NC2)cc1NC(=O)C(N)CCC(N)=O. The van der Waals surface area contributed by atoms with Gasteiger partial charge in [0.15, 0.2) is 11.5 Å². The van der Waals surface area contributed by atoms with Crippen molar-refractivity contribution in [2.75, 3.05) is 40.3 Å². The summed E-state index contributed by atoms with van der Waals surface area (Å²) in [6, 6.07) is 8.04. The molecule has 1 aliphatic heterocycles. The first kappa shape index (κ1) is 25.5. The molecule has 0 saturated carbocycles. The van der Waals surface area contributed by atoms with Crippen LogP contribution in [0.3, 0.4) is 0 Å². The number of amides is 2. The van der Waals surface area contributed by atoms with Crippen molar-refractivity contribution in [1.82, 2.24) is 0 Å². The molecule has 0 saturated heterocycles. The number of anilines is 1. The molecule has 5 N–H and O–H groups in total. The Morgan fingerprint density at radius 3 is 2.20 bits per heavy atom. The van der Waals surface area contributed by atoms with Crippen LogP contribution in [0.4, 0.5) is 5.69 Å². The lowest BCUT2D eigenvalue weighted by molar-refractivity contribution is -0.119. The molecule has 1 atom stereocenters. The van der Waals surface area contributed by atoms with Gasteiger partial charge in [-0.15, -0.1) is 0 Å². The molecule has 35 heavy (non-hydrogen) atoms. The number of carbonyl (C=O) groups is 2. The number of carbonyl (C=O) groups excluding carboxylic acids is 2. The lowest BCUT2D eigenvalue weighted by Crippen LogP contribution is -2.36. The highest BCUT2D eigenvalue weighted by molar-refractivity contribution is 5.98. The summed E-state index contributed by atoms with van der Waals surface area (Å²) in [4.78, 5) is 23.6. The zero-order chi connectivity index (χ0) is 25.5. The molecule has 0 fully saturated rings. The number of rotatable bonds is 11. The minimum atomic E-state index is -0.902. The molecule has 0 bridgehead atoms. The first-order valence-corrected chi connectivity index (χ1v) is 10.8. The van der Waals surface area contributed by atoms with Gasteiger partial charge in [-0.25, -0.2) is 0 Å². The number of nitrogens with zero attached hydrogens (tertiary/aromatic N) is 2. The van der Waals surface area contributed by atoms with Crippen LogP contribution in [0.2, 0.25) is 0 Å². The second kappa shape index (κ2) is 11.3. The van der Waals surface area contributed by atoms with Crippen molar-refractivity contribution >= 4 is 28.8 Å². The molecule has 1 heterocycles. The number of nitrogens with two attached hydrogens (primary N) is 2. The summed E-state index contributed by atoms with van der Waals surface area (Å²) in [6.07, 6.45) is 0.150. The molecule has 0 radical (unpaired) electrons. The summed E-state index contributed by atoms with van der Waals surface area (Å²) >= 11 is 0. The molecular formula is C24H29N5O6. The highest BCUT2D eigenvalue weighted by atomic mass is 16.5. The smallest absolute Gasteiger partial charge is 0.241 e. The van der Waals surface area contributed by atoms with Crippen LogP contribution in [0.15, 0.2) is 40.6 Å². The normalized spacial score (nSPS) is 13.4. The fourth-order valence-corrected chi connectivity index (χ4v) is 3.64. The van der Waals surface area contributed by atoms with Gasteiger partial charge in [-0.2, -0.15) is 10.2 Å². The molecule has 11 nitrogen and oxygen atoms in total. The van der Waals surface area contributed by atoms with Gasteiger partial charge in [0.2, 0.25) is 17.6 Å². The molecular weight excluding hydrogens is 454 g/mol. The van der Waals surface area contributed by atoms with Crippen LogP contribution in [0.5, 0.6) is 23.0 Å². The number of hydrogen-bond donors (Lipinski definition) is 3. The van der Waals surface area contributed by atoms with Gasteiger partial charge in [0.05, 0.1) is 52.4 Å². The minimum absolute atomic E-state index is 0.0137. The molecule has 186 valence electrons. The van der Waals surface area contributed by atoms with Gasteiger partial charge < -0.3 is 35.7 Å². The zero-order valence-corrected chi connectivity index (χ0v) is 20.1. The number of ether oxygens (including phenoxy) is 4. The van der Waals surface area contributed by atoms with Gasteiger partial charge in [-0.3, -0.25) is 9.59 Å². The predicted molar refractivity (Wildman–Crippen MR) is 131 cm³/mol. The summed E-state index contributed by atoms with van der Waals surface area (Å²) in [7, 11) is 6.11. The van der Waals surface area contributed by atoms with Crippen molar-refractivity contribution in [1.29, 1.82) is 0 Å². The summed E-state index contributed by atoms with van der Waals surface area (Å²) in [5.74, 6) is 0.921. The fraction of sp³-hybridized carbons (Fsp3) is 0.333. The van der Waals surface area contributed by atoms with Crippen LogP contribution in [0, 0.1) is 0 Å². The molecule has 3 rings (SSSR count). The molecule has 0 aliphatic carbocycles. The van der Waals surface area contributed by atoms with Crippen LogP contribution in [-0.4, -0.2) is 52.8 Å². The van der Waals surface area contributed by atoms with Crippen molar-refractivity contribution in [2.45, 2.75) is 18.9 Å². The number of methoxy groups -OCH3 is 4. The van der Waals surface area contributed by atoms with E-state index in [4.69, 9.17) is 30.4 Å². The predicted octanol–water partition coefficient (Wildman–Crippen LogP) is 2.59. The maximum Gasteiger partial charge on any atom is 0.241 e. The van der Waals surface area contributed by atoms with Crippen LogP contribution in [0.25, 0.3) is 11.3 Å². The van der Waals surface area contributed by atoms with Gasteiger partial charge in [0.1, 0.15) is 5.75 Å². The molecule has 2 amide bonds. The molecule has 2 aromatic rings. The molecule has 2 aromatic carbocycles. The Bertz CT molecular complexity index is 1150. The van der Waals surface area contributed by atoms with Crippen LogP contribution in [-0.2, 0) is 9.59 Å². The Balaban J connectivity index is 1.99. The summed E-state index contributed by atoms with van der Waals surface area (Å²) in [6.45, 7) is 0.337. The first-order chi connectivity index (χ1) is 16.8. The van der Waals surface area contributed by atoms with E-state index in [2.05, 4.69) is 15.5 Å². The Labute approximate surface area is 203 Å². The van der Waals surface area contributed by atoms with E-state index in [1.165, 1.54) is 14.2 Å². The standard InChI is InChI=1S/C24H29N5O6/c1-32-18-7-5-13(9-17(18)28-24(31)16(25)6-8-21(26)30)15-12-27-29-22(15)14-10-19(33-2)23(35-4)20(11-14)34-3/h5,7,9-11,16H,6,8,12,25H2,1-4H3,(H2,26,30)(H,28,31). The quantitative estimate of drug-likeness (QED) is 0.443. The van der Waals surface area contributed by atoms with E-state index in [1.54, 1.807) is 38.5 Å². The average Bonchev–Trinajstić information content (AvgIpc) is 3.36. The van der Waals surface area contributed by atoms with Gasteiger partial charge in [-0.05, 0) is 36.2 Å². The number of primary amides is 1. The first-order valence-electron chi connectivity index (χ1n) is 10.8. The van der Waals surface area contributed by atoms with Crippen LogP contribution in [0.1, 0.15) is 24.0 Å². The number of hydrogen-bond acceptors (Lipinski definition) is 9. The summed E-state index contributed by atoms with van der Waals surface area (Å²) in [5, 5.41) is 11.3. The van der Waals surface area contributed by atoms with Crippen molar-refractivity contribution in [2.24, 2.45) is 21.7 Å². The van der Waals surface area contributed by atoms with Crippen molar-refractivity contribution in [3.8, 4) is 23.0 Å². The zero-order valence-electron chi connectivity index (χ0n) is 20.1. The maximum absolute atomic E-state index is 12.6. The Morgan fingerprint density at radius 1 is 0.971 bits per heavy atom. The molecule has 1 aliphatic rings. The monoisotopic (exact) mass is 483 g/mol. The third kappa shape index (κ3) is 5.69. The molecule has 0 aromatic heterocycles. The Morgan fingerprint density at radius 2 is 1.63 bits per heavy atom. The largest absolute Gasteiger partial charge is 0.495 e. The van der Waals surface area contributed by atoms with Crippen molar-refractivity contribution < 1.29 is 28.5 Å². The lowest BCUT2D eigenvalue weighted by Gasteiger charge is -2.16. The van der Waals surface area contributed by atoms with Crippen LogP contribution >= 0.6 is 0 Å². The average molecular weight is 484 g/mol. The van der Waals surface area contributed by atoms with E-state index in [9.17, 15) is 9.59 Å². The third-order valence-corrected chi connectivity index (χ3v) is 5.47. The van der Waals surface area contributed by atoms with Crippen LogP contribution < -0.4 is 35.7 Å².